The van der Waals surface area contributed by atoms with Crippen LogP contribution in [0.5, 0.6) is 0 Å². The lowest BCUT2D eigenvalue weighted by atomic mass is 10.1. The first-order valence-corrected chi connectivity index (χ1v) is 6.57. The van der Waals surface area contributed by atoms with Crippen LogP contribution in [0.3, 0.4) is 0 Å². The molecule has 0 saturated heterocycles. The molecular weight excluding hydrogens is 258 g/mol. The average Bonchev–Trinajstić information content (AvgIpc) is 2.38. The Balaban J connectivity index is 2.40. The quantitative estimate of drug-likeness (QED) is 0.931. The first-order chi connectivity index (χ1) is 9.02. The summed E-state index contributed by atoms with van der Waals surface area (Å²) in [6.07, 6.45) is 0. The molecule has 0 radical (unpaired) electrons. The predicted molar refractivity (Wildman–Crippen MR) is 81.1 cm³/mol. The first-order valence-electron chi connectivity index (χ1n) is 6.19. The largest absolute Gasteiger partial charge is 0.329 e. The standard InChI is InChI=1S/C15H18ClN3/c1-10-4-6-14(11(2)8-10)19(3)15-7-5-12(16)13(9-17)18-15/h4-8H,9,17H2,1-3H3. The highest BCUT2D eigenvalue weighted by Crippen LogP contribution is 2.27. The molecule has 0 aliphatic carbocycles. The molecule has 2 N–H and O–H groups in total. The summed E-state index contributed by atoms with van der Waals surface area (Å²) in [5, 5.41) is 0.611. The highest BCUT2D eigenvalue weighted by Gasteiger charge is 2.10. The lowest BCUT2D eigenvalue weighted by molar-refractivity contribution is 0.973. The number of rotatable bonds is 3. The Morgan fingerprint density at radius 3 is 2.58 bits per heavy atom. The van der Waals surface area contributed by atoms with Gasteiger partial charge in [-0.05, 0) is 37.6 Å². The molecule has 4 heteroatoms. The van der Waals surface area contributed by atoms with Crippen LogP contribution in [0.15, 0.2) is 30.3 Å². The average molecular weight is 276 g/mol. The zero-order chi connectivity index (χ0) is 14.0. The summed E-state index contributed by atoms with van der Waals surface area (Å²) in [5.74, 6) is 0.844. The van der Waals surface area contributed by atoms with Gasteiger partial charge in [0.1, 0.15) is 5.82 Å². The SMILES string of the molecule is Cc1ccc(N(C)c2ccc(Cl)c(CN)n2)c(C)c1. The number of pyridine rings is 1. The molecule has 0 aliphatic heterocycles. The van der Waals surface area contributed by atoms with Gasteiger partial charge in [0.05, 0.1) is 10.7 Å². The molecule has 2 rings (SSSR count). The van der Waals surface area contributed by atoms with Crippen LogP contribution in [0, 0.1) is 13.8 Å². The molecule has 1 aromatic carbocycles. The lowest BCUT2D eigenvalue weighted by Crippen LogP contribution is -2.14. The van der Waals surface area contributed by atoms with E-state index >= 15 is 0 Å². The molecule has 1 heterocycles. The molecule has 0 atom stereocenters. The van der Waals surface area contributed by atoms with Crippen LogP contribution < -0.4 is 10.6 Å². The van der Waals surface area contributed by atoms with Crippen molar-refractivity contribution >= 4 is 23.1 Å². The Morgan fingerprint density at radius 1 is 1.21 bits per heavy atom. The van der Waals surface area contributed by atoms with E-state index in [1.165, 1.54) is 11.1 Å². The normalized spacial score (nSPS) is 10.6. The molecule has 3 nitrogen and oxygen atoms in total. The Bertz CT molecular complexity index is 596. The molecule has 0 fully saturated rings. The van der Waals surface area contributed by atoms with Crippen LogP contribution >= 0.6 is 11.6 Å². The van der Waals surface area contributed by atoms with Gasteiger partial charge in [0.25, 0.3) is 0 Å². The number of hydrogen-bond donors (Lipinski definition) is 1. The summed E-state index contributed by atoms with van der Waals surface area (Å²) in [4.78, 5) is 6.55. The lowest BCUT2D eigenvalue weighted by Gasteiger charge is -2.21. The monoisotopic (exact) mass is 275 g/mol. The number of aromatic nitrogens is 1. The van der Waals surface area contributed by atoms with Gasteiger partial charge < -0.3 is 10.6 Å². The summed E-state index contributed by atoms with van der Waals surface area (Å²) in [6, 6.07) is 10.1. The molecule has 0 bridgehead atoms. The Labute approximate surface area is 119 Å². The van der Waals surface area contributed by atoms with Crippen LogP contribution in [-0.4, -0.2) is 12.0 Å². The van der Waals surface area contributed by atoms with Crippen molar-refractivity contribution in [3.8, 4) is 0 Å². The smallest absolute Gasteiger partial charge is 0.133 e. The highest BCUT2D eigenvalue weighted by molar-refractivity contribution is 6.31. The summed E-state index contributed by atoms with van der Waals surface area (Å²) < 4.78 is 0. The van der Waals surface area contributed by atoms with E-state index in [1.807, 2.05) is 24.1 Å². The van der Waals surface area contributed by atoms with Crippen molar-refractivity contribution in [1.82, 2.24) is 4.98 Å². The summed E-state index contributed by atoms with van der Waals surface area (Å²) in [5.41, 5.74) is 9.96. The molecule has 19 heavy (non-hydrogen) atoms. The minimum Gasteiger partial charge on any atom is -0.329 e. The number of nitrogens with two attached hydrogens (primary N) is 1. The van der Waals surface area contributed by atoms with Gasteiger partial charge in [-0.1, -0.05) is 29.3 Å². The summed E-state index contributed by atoms with van der Waals surface area (Å²) in [7, 11) is 1.99. The first kappa shape index (κ1) is 13.8. The minimum absolute atomic E-state index is 0.341. The van der Waals surface area contributed by atoms with E-state index in [2.05, 4.69) is 37.0 Å². The van der Waals surface area contributed by atoms with Crippen LogP contribution in [0.4, 0.5) is 11.5 Å². The van der Waals surface area contributed by atoms with E-state index < -0.39 is 0 Å². The van der Waals surface area contributed by atoms with Gasteiger partial charge in [-0.25, -0.2) is 4.98 Å². The van der Waals surface area contributed by atoms with Crippen LogP contribution in [0.2, 0.25) is 5.02 Å². The molecule has 0 unspecified atom stereocenters. The molecule has 0 amide bonds. The van der Waals surface area contributed by atoms with Gasteiger partial charge in [-0.2, -0.15) is 0 Å². The summed E-state index contributed by atoms with van der Waals surface area (Å²) in [6.45, 7) is 4.52. The second kappa shape index (κ2) is 5.59. The van der Waals surface area contributed by atoms with Crippen molar-refractivity contribution in [2.45, 2.75) is 20.4 Å². The fourth-order valence-electron chi connectivity index (χ4n) is 2.11. The number of anilines is 2. The van der Waals surface area contributed by atoms with E-state index in [1.54, 1.807) is 0 Å². The zero-order valence-electron chi connectivity index (χ0n) is 11.4. The molecule has 1 aromatic heterocycles. The molecule has 2 aromatic rings. The van der Waals surface area contributed by atoms with E-state index in [9.17, 15) is 0 Å². The maximum atomic E-state index is 6.04. The third-order valence-electron chi connectivity index (χ3n) is 3.15. The topological polar surface area (TPSA) is 42.1 Å². The zero-order valence-corrected chi connectivity index (χ0v) is 12.2. The molecule has 0 saturated carbocycles. The molecule has 0 spiro atoms. The number of benzene rings is 1. The summed E-state index contributed by atoms with van der Waals surface area (Å²) >= 11 is 6.04. The third kappa shape index (κ3) is 2.88. The van der Waals surface area contributed by atoms with Crippen molar-refractivity contribution in [2.24, 2.45) is 5.73 Å². The maximum absolute atomic E-state index is 6.04. The van der Waals surface area contributed by atoms with E-state index in [0.29, 0.717) is 11.6 Å². The number of aryl methyl sites for hydroxylation is 2. The third-order valence-corrected chi connectivity index (χ3v) is 3.50. The van der Waals surface area contributed by atoms with Crippen LogP contribution in [-0.2, 0) is 6.54 Å². The highest BCUT2D eigenvalue weighted by atomic mass is 35.5. The molecule has 0 aliphatic rings. The Morgan fingerprint density at radius 2 is 1.95 bits per heavy atom. The van der Waals surface area contributed by atoms with Gasteiger partial charge in [0.2, 0.25) is 0 Å². The van der Waals surface area contributed by atoms with Gasteiger partial charge in [0.15, 0.2) is 0 Å². The van der Waals surface area contributed by atoms with Crippen molar-refractivity contribution in [1.29, 1.82) is 0 Å². The van der Waals surface area contributed by atoms with E-state index in [0.717, 1.165) is 17.2 Å². The number of halogens is 1. The van der Waals surface area contributed by atoms with Gasteiger partial charge in [-0.15, -0.1) is 0 Å². The molecule has 100 valence electrons. The fraction of sp³-hybridized carbons (Fsp3) is 0.267. The second-order valence-corrected chi connectivity index (χ2v) is 5.06. The minimum atomic E-state index is 0.341. The maximum Gasteiger partial charge on any atom is 0.133 e. The second-order valence-electron chi connectivity index (χ2n) is 4.65. The van der Waals surface area contributed by atoms with Gasteiger partial charge >= 0.3 is 0 Å². The van der Waals surface area contributed by atoms with Gasteiger partial charge in [0, 0.05) is 19.3 Å². The van der Waals surface area contributed by atoms with Crippen LogP contribution in [0.1, 0.15) is 16.8 Å². The van der Waals surface area contributed by atoms with Crippen molar-refractivity contribution in [3.63, 3.8) is 0 Å². The van der Waals surface area contributed by atoms with E-state index in [-0.39, 0.29) is 0 Å². The fourth-order valence-corrected chi connectivity index (χ4v) is 2.29. The Kier molecular flexibility index (Phi) is 4.08. The molecular formula is C15H18ClN3. The van der Waals surface area contributed by atoms with Crippen molar-refractivity contribution < 1.29 is 0 Å². The number of nitrogens with zero attached hydrogens (tertiary/aromatic N) is 2. The van der Waals surface area contributed by atoms with Crippen molar-refractivity contribution in [3.05, 3.63) is 52.2 Å². The number of hydrogen-bond acceptors (Lipinski definition) is 3. The van der Waals surface area contributed by atoms with Crippen LogP contribution in [0.25, 0.3) is 0 Å². The van der Waals surface area contributed by atoms with E-state index in [4.69, 9.17) is 17.3 Å². The Hall–Kier alpha value is -1.58. The van der Waals surface area contributed by atoms with Crippen molar-refractivity contribution in [2.75, 3.05) is 11.9 Å². The predicted octanol–water partition coefficient (Wildman–Crippen LogP) is 3.58. The van der Waals surface area contributed by atoms with Gasteiger partial charge in [-0.3, -0.25) is 0 Å².